The summed E-state index contributed by atoms with van der Waals surface area (Å²) in [6.45, 7) is 4.00. The van der Waals surface area contributed by atoms with E-state index >= 15 is 0 Å². The Bertz CT molecular complexity index is 717. The molecule has 0 unspecified atom stereocenters. The van der Waals surface area contributed by atoms with Gasteiger partial charge in [-0.05, 0) is 48.2 Å². The average Bonchev–Trinajstić information content (AvgIpc) is 2.46. The molecule has 0 aliphatic heterocycles. The van der Waals surface area contributed by atoms with Gasteiger partial charge in [0.1, 0.15) is 11.7 Å². The number of amidine groups is 2. The molecule has 0 bridgehead atoms. The van der Waals surface area contributed by atoms with Crippen LogP contribution >= 0.6 is 24.8 Å². The number of nitrogens with two attached hydrogens (primary N) is 2. The van der Waals surface area contributed by atoms with E-state index in [1.54, 1.807) is 0 Å². The second kappa shape index (κ2) is 9.11. The van der Waals surface area contributed by atoms with Gasteiger partial charge in [-0.15, -0.1) is 24.8 Å². The van der Waals surface area contributed by atoms with Crippen molar-refractivity contribution in [3.63, 3.8) is 0 Å². The van der Waals surface area contributed by atoms with E-state index in [-0.39, 0.29) is 36.5 Å². The molecule has 0 fully saturated rings. The van der Waals surface area contributed by atoms with Gasteiger partial charge >= 0.3 is 0 Å². The van der Waals surface area contributed by atoms with Crippen molar-refractivity contribution in [2.75, 3.05) is 0 Å². The first kappa shape index (κ1) is 21.7. The Morgan fingerprint density at radius 1 is 0.750 bits per heavy atom. The molecule has 0 aromatic heterocycles. The molecular weight excluding hydrogens is 343 g/mol. The van der Waals surface area contributed by atoms with Gasteiger partial charge in [-0.2, -0.15) is 0 Å². The summed E-state index contributed by atoms with van der Waals surface area (Å²) in [7, 11) is 0. The smallest absolute Gasteiger partial charge is 0.122 e. The molecule has 2 aromatic carbocycles. The van der Waals surface area contributed by atoms with Gasteiger partial charge < -0.3 is 11.5 Å². The van der Waals surface area contributed by atoms with E-state index < -0.39 is 0 Å². The Morgan fingerprint density at radius 2 is 1.08 bits per heavy atom. The first-order valence-electron chi connectivity index (χ1n) is 6.96. The van der Waals surface area contributed by atoms with Crippen LogP contribution < -0.4 is 11.5 Å². The Hall–Kier alpha value is -2.30. The van der Waals surface area contributed by atoms with E-state index in [1.807, 2.05) is 62.4 Å². The van der Waals surface area contributed by atoms with E-state index in [4.69, 9.17) is 22.3 Å². The van der Waals surface area contributed by atoms with Crippen molar-refractivity contribution in [2.24, 2.45) is 11.5 Å². The van der Waals surface area contributed by atoms with Crippen molar-refractivity contribution in [1.82, 2.24) is 0 Å². The standard InChI is InChI=1S/C18H20N4.2ClH/c1-11-9-15(17(19)20)7-5-13(11)3-4-14-6-8-16(18(21)22)10-12(14)2;;/h3-10H,1-2H3,(H3,19,20)(H3,21,22);2*1H/b4-3+;;. The maximum Gasteiger partial charge on any atom is 0.122 e. The number of halogens is 2. The Balaban J connectivity index is 0.00000264. The van der Waals surface area contributed by atoms with Crippen LogP contribution in [-0.4, -0.2) is 11.7 Å². The molecule has 0 heterocycles. The van der Waals surface area contributed by atoms with Gasteiger partial charge in [0.25, 0.3) is 0 Å². The molecule has 0 saturated carbocycles. The van der Waals surface area contributed by atoms with Crippen LogP contribution in [-0.2, 0) is 0 Å². The third kappa shape index (κ3) is 5.11. The molecule has 128 valence electrons. The second-order valence-corrected chi connectivity index (χ2v) is 5.30. The van der Waals surface area contributed by atoms with E-state index in [0.29, 0.717) is 0 Å². The van der Waals surface area contributed by atoms with Gasteiger partial charge in [0.2, 0.25) is 0 Å². The molecule has 24 heavy (non-hydrogen) atoms. The number of rotatable bonds is 4. The largest absolute Gasteiger partial charge is 0.384 e. The SMILES string of the molecule is Cc1cc(C(=N)N)ccc1/C=C/c1ccc(C(=N)N)cc1C.Cl.Cl. The monoisotopic (exact) mass is 364 g/mol. The number of nitrogen functional groups attached to an aromatic ring is 2. The van der Waals surface area contributed by atoms with Crippen LogP contribution in [0.25, 0.3) is 12.2 Å². The van der Waals surface area contributed by atoms with Gasteiger partial charge in [0.05, 0.1) is 0 Å². The summed E-state index contributed by atoms with van der Waals surface area (Å²) in [5.74, 6) is 0.156. The van der Waals surface area contributed by atoms with E-state index in [1.165, 1.54) is 0 Å². The van der Waals surface area contributed by atoms with Crippen LogP contribution in [0, 0.1) is 24.7 Å². The minimum atomic E-state index is 0. The first-order chi connectivity index (χ1) is 10.4. The van der Waals surface area contributed by atoms with Crippen LogP contribution in [0.1, 0.15) is 33.4 Å². The number of aryl methyl sites for hydroxylation is 2. The van der Waals surface area contributed by atoms with Crippen molar-refractivity contribution in [3.05, 3.63) is 69.8 Å². The van der Waals surface area contributed by atoms with Gasteiger partial charge in [-0.25, -0.2) is 0 Å². The topological polar surface area (TPSA) is 99.7 Å². The van der Waals surface area contributed by atoms with Gasteiger partial charge in [-0.3, -0.25) is 10.8 Å². The molecule has 4 nitrogen and oxygen atoms in total. The summed E-state index contributed by atoms with van der Waals surface area (Å²) in [6.07, 6.45) is 4.07. The molecule has 2 rings (SSSR count). The summed E-state index contributed by atoms with van der Waals surface area (Å²) in [5.41, 5.74) is 16.8. The van der Waals surface area contributed by atoms with Crippen LogP contribution in [0.5, 0.6) is 0 Å². The molecule has 0 saturated heterocycles. The van der Waals surface area contributed by atoms with Gasteiger partial charge in [0, 0.05) is 11.1 Å². The highest BCUT2D eigenvalue weighted by atomic mass is 35.5. The number of nitrogens with one attached hydrogen (secondary N) is 2. The zero-order valence-corrected chi connectivity index (χ0v) is 15.2. The van der Waals surface area contributed by atoms with Gasteiger partial charge in [-0.1, -0.05) is 36.4 Å². The zero-order chi connectivity index (χ0) is 16.3. The van der Waals surface area contributed by atoms with E-state index in [9.17, 15) is 0 Å². The molecular formula is C18H22Cl2N4. The Morgan fingerprint density at radius 3 is 1.33 bits per heavy atom. The minimum absolute atomic E-state index is 0. The zero-order valence-electron chi connectivity index (χ0n) is 13.6. The lowest BCUT2D eigenvalue weighted by Crippen LogP contribution is -2.11. The first-order valence-corrected chi connectivity index (χ1v) is 6.96. The fraction of sp³-hybridized carbons (Fsp3) is 0.111. The number of hydrogen-bond acceptors (Lipinski definition) is 2. The van der Waals surface area contributed by atoms with Crippen molar-refractivity contribution < 1.29 is 0 Å². The van der Waals surface area contributed by atoms with Crippen molar-refractivity contribution in [2.45, 2.75) is 13.8 Å². The predicted molar refractivity (Wildman–Crippen MR) is 108 cm³/mol. The lowest BCUT2D eigenvalue weighted by atomic mass is 10.0. The number of hydrogen-bond donors (Lipinski definition) is 4. The molecule has 0 amide bonds. The van der Waals surface area contributed by atoms with Crippen molar-refractivity contribution >= 4 is 48.6 Å². The third-order valence-electron chi connectivity index (χ3n) is 3.60. The average molecular weight is 365 g/mol. The summed E-state index contributed by atoms with van der Waals surface area (Å²) in [6, 6.07) is 11.4. The highest BCUT2D eigenvalue weighted by Crippen LogP contribution is 2.17. The third-order valence-corrected chi connectivity index (χ3v) is 3.60. The molecule has 6 N–H and O–H groups in total. The normalized spacial score (nSPS) is 9.92. The molecule has 0 atom stereocenters. The van der Waals surface area contributed by atoms with E-state index in [0.717, 1.165) is 33.4 Å². The van der Waals surface area contributed by atoms with Crippen molar-refractivity contribution in [3.8, 4) is 0 Å². The number of benzene rings is 2. The van der Waals surface area contributed by atoms with Crippen LogP contribution in [0.4, 0.5) is 0 Å². The maximum atomic E-state index is 7.45. The predicted octanol–water partition coefficient (Wildman–Crippen LogP) is 3.89. The summed E-state index contributed by atoms with van der Waals surface area (Å²) in [4.78, 5) is 0. The van der Waals surface area contributed by atoms with Crippen LogP contribution in [0.3, 0.4) is 0 Å². The van der Waals surface area contributed by atoms with Crippen LogP contribution in [0.15, 0.2) is 36.4 Å². The summed E-state index contributed by atoms with van der Waals surface area (Å²) >= 11 is 0. The lowest BCUT2D eigenvalue weighted by Gasteiger charge is -2.06. The molecule has 0 aliphatic carbocycles. The molecule has 6 heteroatoms. The van der Waals surface area contributed by atoms with Crippen molar-refractivity contribution in [1.29, 1.82) is 10.8 Å². The second-order valence-electron chi connectivity index (χ2n) is 5.30. The fourth-order valence-corrected chi connectivity index (χ4v) is 2.24. The molecule has 2 aromatic rings. The summed E-state index contributed by atoms with van der Waals surface area (Å²) in [5, 5.41) is 14.9. The minimum Gasteiger partial charge on any atom is -0.384 e. The van der Waals surface area contributed by atoms with Gasteiger partial charge in [0.15, 0.2) is 0 Å². The quantitative estimate of drug-likeness (QED) is 0.375. The van der Waals surface area contributed by atoms with Crippen LogP contribution in [0.2, 0.25) is 0 Å². The molecule has 0 spiro atoms. The molecule has 0 aliphatic rings. The Labute approximate surface area is 154 Å². The maximum absolute atomic E-state index is 7.45. The highest BCUT2D eigenvalue weighted by molar-refractivity contribution is 5.96. The molecule has 0 radical (unpaired) electrons. The lowest BCUT2D eigenvalue weighted by molar-refractivity contribution is 1.37. The Kier molecular flexibility index (Phi) is 8.23. The highest BCUT2D eigenvalue weighted by Gasteiger charge is 2.02. The van der Waals surface area contributed by atoms with E-state index in [2.05, 4.69) is 0 Å². The summed E-state index contributed by atoms with van der Waals surface area (Å²) < 4.78 is 0. The fourth-order valence-electron chi connectivity index (χ4n) is 2.24.